The molecule has 3 unspecified atom stereocenters. The molecule has 3 atom stereocenters. The Labute approximate surface area is 194 Å². The van der Waals surface area contributed by atoms with E-state index >= 15 is 0 Å². The molecule has 1 fully saturated rings. The van der Waals surface area contributed by atoms with Crippen LogP contribution in [0.2, 0.25) is 0 Å². The monoisotopic (exact) mass is 446 g/mol. The summed E-state index contributed by atoms with van der Waals surface area (Å²) in [5, 5.41) is 8.94. The number of likely N-dealkylation sites (tertiary alicyclic amines) is 1. The highest BCUT2D eigenvalue weighted by Gasteiger charge is 2.35. The van der Waals surface area contributed by atoms with Gasteiger partial charge in [-0.2, -0.15) is 5.10 Å². The minimum Gasteiger partial charge on any atom is -0.338 e. The first-order chi connectivity index (χ1) is 15.8. The number of para-hydroxylation sites is 2. The average Bonchev–Trinajstić information content (AvgIpc) is 3.25. The highest BCUT2D eigenvalue weighted by Crippen LogP contribution is 2.27. The molecule has 2 aliphatic heterocycles. The van der Waals surface area contributed by atoms with E-state index in [1.807, 2.05) is 35.2 Å². The number of amides is 2. The number of hydrogen-bond acceptors (Lipinski definition) is 5. The van der Waals surface area contributed by atoms with Crippen LogP contribution in [0.15, 0.2) is 59.7 Å². The molecule has 1 N–H and O–H groups in total. The molecule has 7 heteroatoms. The number of ketones is 1. The van der Waals surface area contributed by atoms with Crippen LogP contribution in [0.1, 0.15) is 44.0 Å². The molecule has 0 spiro atoms. The maximum absolute atomic E-state index is 13.3. The van der Waals surface area contributed by atoms with Crippen molar-refractivity contribution in [1.29, 1.82) is 0 Å². The van der Waals surface area contributed by atoms with Crippen LogP contribution >= 0.6 is 0 Å². The van der Waals surface area contributed by atoms with Gasteiger partial charge >= 0.3 is 0 Å². The fourth-order valence-electron chi connectivity index (χ4n) is 4.75. The lowest BCUT2D eigenvalue weighted by atomic mass is 9.91. The van der Waals surface area contributed by atoms with E-state index in [1.165, 1.54) is 6.92 Å². The third-order valence-corrected chi connectivity index (χ3v) is 6.22. The van der Waals surface area contributed by atoms with Crippen molar-refractivity contribution in [3.05, 3.63) is 60.2 Å². The summed E-state index contributed by atoms with van der Waals surface area (Å²) in [5.41, 5.74) is 1.94. The van der Waals surface area contributed by atoms with Crippen molar-refractivity contribution in [3.8, 4) is 0 Å². The normalized spacial score (nSPS) is 22.6. The lowest BCUT2D eigenvalue weighted by Crippen LogP contribution is -2.42. The van der Waals surface area contributed by atoms with Gasteiger partial charge in [0, 0.05) is 19.5 Å². The van der Waals surface area contributed by atoms with Crippen molar-refractivity contribution < 1.29 is 14.4 Å². The number of carbonyl (C=O) groups excluding carboxylic acids is 3. The van der Waals surface area contributed by atoms with Gasteiger partial charge < -0.3 is 10.2 Å². The molecule has 172 valence electrons. The topological polar surface area (TPSA) is 82.1 Å². The van der Waals surface area contributed by atoms with Gasteiger partial charge in [-0.05, 0) is 49.4 Å². The number of benzene rings is 2. The van der Waals surface area contributed by atoms with Crippen LogP contribution in [-0.4, -0.2) is 47.3 Å². The van der Waals surface area contributed by atoms with Gasteiger partial charge in [0.15, 0.2) is 5.78 Å². The first-order valence-electron chi connectivity index (χ1n) is 11.5. The number of piperidine rings is 1. The van der Waals surface area contributed by atoms with E-state index < -0.39 is 11.9 Å². The minimum atomic E-state index is -0.527. The number of hydrazone groups is 1. The van der Waals surface area contributed by atoms with Gasteiger partial charge in [-0.3, -0.25) is 19.4 Å². The number of rotatable bonds is 5. The van der Waals surface area contributed by atoms with Gasteiger partial charge in [-0.15, -0.1) is 0 Å². The quantitative estimate of drug-likeness (QED) is 0.754. The van der Waals surface area contributed by atoms with E-state index in [2.05, 4.69) is 24.3 Å². The zero-order valence-electron chi connectivity index (χ0n) is 19.3. The zero-order chi connectivity index (χ0) is 23.5. The Morgan fingerprint density at radius 1 is 0.939 bits per heavy atom. The number of hydrogen-bond donors (Lipinski definition) is 1. The number of Topliss-reactive ketones (excluding diaryl/α,β-unsaturated/α-hetero) is 1. The summed E-state index contributed by atoms with van der Waals surface area (Å²) in [6.45, 7) is 7.25. The minimum absolute atomic E-state index is 0.0608. The van der Waals surface area contributed by atoms with E-state index in [-0.39, 0.29) is 23.8 Å². The summed E-state index contributed by atoms with van der Waals surface area (Å²) in [5.74, 6) is 0.347. The van der Waals surface area contributed by atoms with Crippen molar-refractivity contribution in [2.24, 2.45) is 16.9 Å². The Balaban J connectivity index is 1.54. The molecule has 2 aromatic rings. The molecule has 2 amide bonds. The first kappa shape index (κ1) is 22.7. The summed E-state index contributed by atoms with van der Waals surface area (Å²) >= 11 is 0. The molecule has 2 aromatic carbocycles. The van der Waals surface area contributed by atoms with Crippen LogP contribution in [0.4, 0.5) is 11.4 Å². The van der Waals surface area contributed by atoms with Crippen molar-refractivity contribution in [2.75, 3.05) is 23.4 Å². The maximum atomic E-state index is 13.3. The Bertz CT molecular complexity index is 1070. The van der Waals surface area contributed by atoms with E-state index in [4.69, 9.17) is 0 Å². The molecule has 0 radical (unpaired) electrons. The predicted octanol–water partition coefficient (Wildman–Crippen LogP) is 3.97. The Morgan fingerprint density at radius 2 is 1.58 bits per heavy atom. The van der Waals surface area contributed by atoms with Crippen LogP contribution in [0.3, 0.4) is 0 Å². The van der Waals surface area contributed by atoms with Gasteiger partial charge in [0.05, 0.1) is 16.9 Å². The predicted molar refractivity (Wildman–Crippen MR) is 129 cm³/mol. The second-order valence-electron chi connectivity index (χ2n) is 9.21. The van der Waals surface area contributed by atoms with Gasteiger partial charge in [0.1, 0.15) is 11.8 Å². The molecular weight excluding hydrogens is 416 g/mol. The fraction of sp³-hybridized carbons (Fsp3) is 0.385. The highest BCUT2D eigenvalue weighted by atomic mass is 16.2. The number of anilines is 2. The van der Waals surface area contributed by atoms with E-state index in [0.29, 0.717) is 36.2 Å². The van der Waals surface area contributed by atoms with Crippen LogP contribution in [0, 0.1) is 11.8 Å². The van der Waals surface area contributed by atoms with Crippen molar-refractivity contribution in [3.63, 3.8) is 0 Å². The summed E-state index contributed by atoms with van der Waals surface area (Å²) in [6, 6.07) is 15.9. The van der Waals surface area contributed by atoms with Crippen molar-refractivity contribution in [1.82, 2.24) is 4.90 Å². The Hall–Kier alpha value is -3.48. The van der Waals surface area contributed by atoms with E-state index in [9.17, 15) is 14.4 Å². The SMILES string of the molecule is CC(=O)C1CC(C(=O)Nc2ccccc2C(=O)N2CC(C)CC(C)C2)=NN1c1ccccc1. The molecule has 0 saturated carbocycles. The average molecular weight is 447 g/mol. The highest BCUT2D eigenvalue weighted by molar-refractivity contribution is 6.44. The van der Waals surface area contributed by atoms with Crippen molar-refractivity contribution >= 4 is 34.7 Å². The Kier molecular flexibility index (Phi) is 6.58. The van der Waals surface area contributed by atoms with Crippen molar-refractivity contribution in [2.45, 2.75) is 39.7 Å². The molecule has 2 aliphatic rings. The van der Waals surface area contributed by atoms with Gasteiger partial charge in [-0.1, -0.05) is 44.2 Å². The molecule has 0 bridgehead atoms. The van der Waals surface area contributed by atoms with E-state index in [1.54, 1.807) is 29.3 Å². The molecule has 33 heavy (non-hydrogen) atoms. The van der Waals surface area contributed by atoms with Crippen LogP contribution in [0.5, 0.6) is 0 Å². The summed E-state index contributed by atoms with van der Waals surface area (Å²) in [7, 11) is 0. The number of nitrogens with one attached hydrogen (secondary N) is 1. The number of nitrogens with zero attached hydrogens (tertiary/aromatic N) is 3. The zero-order valence-corrected chi connectivity index (χ0v) is 19.3. The maximum Gasteiger partial charge on any atom is 0.271 e. The lowest BCUT2D eigenvalue weighted by molar-refractivity contribution is -0.118. The molecule has 7 nitrogen and oxygen atoms in total. The fourth-order valence-corrected chi connectivity index (χ4v) is 4.75. The van der Waals surface area contributed by atoms with Gasteiger partial charge in [0.2, 0.25) is 0 Å². The largest absolute Gasteiger partial charge is 0.338 e. The Morgan fingerprint density at radius 3 is 2.24 bits per heavy atom. The third kappa shape index (κ3) is 4.97. The molecule has 2 heterocycles. The second-order valence-corrected chi connectivity index (χ2v) is 9.21. The summed E-state index contributed by atoms with van der Waals surface area (Å²) in [4.78, 5) is 40.5. The molecule has 0 aliphatic carbocycles. The molecule has 1 saturated heterocycles. The van der Waals surface area contributed by atoms with Crippen LogP contribution < -0.4 is 10.3 Å². The second kappa shape index (κ2) is 9.57. The standard InChI is InChI=1S/C26H30N4O3/c1-17-13-18(2)16-29(15-17)26(33)21-11-7-8-12-22(21)27-25(32)23-14-24(19(3)31)30(28-23)20-9-5-4-6-10-20/h4-12,17-18,24H,13-16H2,1-3H3,(H,27,32). The molecule has 0 aromatic heterocycles. The van der Waals surface area contributed by atoms with Crippen LogP contribution in [-0.2, 0) is 9.59 Å². The van der Waals surface area contributed by atoms with Gasteiger partial charge in [-0.25, -0.2) is 0 Å². The third-order valence-electron chi connectivity index (χ3n) is 6.22. The van der Waals surface area contributed by atoms with Gasteiger partial charge in [0.25, 0.3) is 11.8 Å². The molecule has 4 rings (SSSR count). The van der Waals surface area contributed by atoms with Crippen LogP contribution in [0.25, 0.3) is 0 Å². The summed E-state index contributed by atoms with van der Waals surface area (Å²) < 4.78 is 0. The smallest absolute Gasteiger partial charge is 0.271 e. The lowest BCUT2D eigenvalue weighted by Gasteiger charge is -2.35. The molecular formula is C26H30N4O3. The first-order valence-corrected chi connectivity index (χ1v) is 11.5. The van der Waals surface area contributed by atoms with E-state index in [0.717, 1.165) is 12.1 Å². The summed E-state index contributed by atoms with van der Waals surface area (Å²) in [6.07, 6.45) is 1.32. The number of carbonyl (C=O) groups is 3.